The van der Waals surface area contributed by atoms with E-state index in [9.17, 15) is 9.90 Å². The summed E-state index contributed by atoms with van der Waals surface area (Å²) >= 11 is 0. The lowest BCUT2D eigenvalue weighted by atomic mass is 9.95. The number of aromatic hydroxyl groups is 1. The van der Waals surface area contributed by atoms with Gasteiger partial charge in [0.05, 0.1) is 17.0 Å². The first-order chi connectivity index (χ1) is 13.7. The zero-order valence-electron chi connectivity index (χ0n) is 17.6. The molecule has 1 heterocycles. The molecule has 0 fully saturated rings. The van der Waals surface area contributed by atoms with E-state index in [1.54, 1.807) is 20.9 Å². The maximum Gasteiger partial charge on any atom is 0.198 e. The summed E-state index contributed by atoms with van der Waals surface area (Å²) < 4.78 is 0. The van der Waals surface area contributed by atoms with Crippen LogP contribution < -0.4 is 22.0 Å². The first kappa shape index (κ1) is 21.9. The van der Waals surface area contributed by atoms with Gasteiger partial charge in [0.1, 0.15) is 0 Å². The van der Waals surface area contributed by atoms with E-state index < -0.39 is 0 Å². The molecule has 0 saturated heterocycles. The van der Waals surface area contributed by atoms with Crippen molar-refractivity contribution in [2.24, 2.45) is 27.4 Å². The number of H-pyrrole nitrogens is 1. The number of rotatable bonds is 6. The Bertz CT molecular complexity index is 1080. The summed E-state index contributed by atoms with van der Waals surface area (Å²) in [7, 11) is 1.63. The largest absolute Gasteiger partial charge is 0.494 e. The Balaban J connectivity index is 2.84. The summed E-state index contributed by atoms with van der Waals surface area (Å²) in [6.45, 7) is 7.06. The van der Waals surface area contributed by atoms with Gasteiger partial charge in [-0.3, -0.25) is 9.79 Å². The van der Waals surface area contributed by atoms with Crippen molar-refractivity contribution in [1.29, 1.82) is 0 Å². The van der Waals surface area contributed by atoms with E-state index in [-0.39, 0.29) is 17.6 Å². The van der Waals surface area contributed by atoms with Crippen LogP contribution >= 0.6 is 0 Å². The Labute approximate surface area is 170 Å². The third kappa shape index (κ3) is 4.74. The Kier molecular flexibility index (Phi) is 6.98. The molecule has 0 bridgehead atoms. The zero-order valence-corrected chi connectivity index (χ0v) is 17.6. The molecule has 0 spiro atoms. The van der Waals surface area contributed by atoms with E-state index in [1.165, 1.54) is 19.3 Å². The number of nitrogens with two attached hydrogens (primary N) is 2. The van der Waals surface area contributed by atoms with E-state index in [2.05, 4.69) is 21.9 Å². The van der Waals surface area contributed by atoms with Crippen LogP contribution in [0.4, 0.5) is 0 Å². The second-order valence-corrected chi connectivity index (χ2v) is 6.97. The van der Waals surface area contributed by atoms with Gasteiger partial charge in [0.25, 0.3) is 0 Å². The number of nitrogens with one attached hydrogen (secondary N) is 1. The van der Waals surface area contributed by atoms with E-state index in [0.717, 1.165) is 22.6 Å². The van der Waals surface area contributed by atoms with Crippen molar-refractivity contribution >= 4 is 29.9 Å². The number of Topliss-reactive ketones (excluding diaryl/α,β-unsaturated/α-hetero) is 1. The van der Waals surface area contributed by atoms with Gasteiger partial charge in [0.2, 0.25) is 0 Å². The Morgan fingerprint density at radius 3 is 2.52 bits per heavy atom. The molecular weight excluding hydrogens is 366 g/mol. The van der Waals surface area contributed by atoms with Crippen molar-refractivity contribution in [1.82, 2.24) is 4.98 Å². The molecule has 1 aliphatic carbocycles. The number of hydrogen-bond acceptors (Lipinski definition) is 6. The minimum absolute atomic E-state index is 0.00230. The van der Waals surface area contributed by atoms with E-state index >= 15 is 0 Å². The number of allylic oxidation sites excluding steroid dienone is 5. The van der Waals surface area contributed by atoms with Gasteiger partial charge in [0.15, 0.2) is 11.7 Å². The van der Waals surface area contributed by atoms with Gasteiger partial charge in [-0.15, -0.1) is 0 Å². The monoisotopic (exact) mass is 395 g/mol. The number of nitrogens with zero attached hydrogens (tertiary/aromatic N) is 2. The Hall–Kier alpha value is -3.35. The smallest absolute Gasteiger partial charge is 0.198 e. The number of carbonyl (C=O) groups is 1. The van der Waals surface area contributed by atoms with Crippen molar-refractivity contribution in [2.75, 3.05) is 7.05 Å². The molecule has 6 N–H and O–H groups in total. The Morgan fingerprint density at radius 2 is 2.00 bits per heavy atom. The van der Waals surface area contributed by atoms with Crippen LogP contribution in [0.3, 0.4) is 0 Å². The molecule has 0 amide bonds. The second kappa shape index (κ2) is 9.23. The Morgan fingerprint density at radius 1 is 1.31 bits per heavy atom. The van der Waals surface area contributed by atoms with E-state index in [1.807, 2.05) is 18.2 Å². The van der Waals surface area contributed by atoms with Crippen molar-refractivity contribution in [3.63, 3.8) is 0 Å². The van der Waals surface area contributed by atoms with Crippen LogP contribution in [0.5, 0.6) is 5.88 Å². The topological polar surface area (TPSA) is 130 Å². The lowest BCUT2D eigenvalue weighted by Crippen LogP contribution is -2.27. The van der Waals surface area contributed by atoms with Gasteiger partial charge >= 0.3 is 0 Å². The molecule has 1 aliphatic rings. The maximum absolute atomic E-state index is 12.3. The standard InChI is InChI=1S/C22H29N5O2/c1-6-15-7-16(20(12(2)24)14(4)28)9-18-19(8-15)27-22(29)21(18)13(3)26-17(10-23)11-25-5/h7-11,15,27,29H,6,23-24H2,1-5H3/b17-10+,20-12?,25-11?,26-13?. The molecule has 1 aromatic rings. The number of fused-ring (bicyclic) bond motifs is 1. The quantitative estimate of drug-likeness (QED) is 0.428. The number of aromatic amines is 1. The summed E-state index contributed by atoms with van der Waals surface area (Å²) in [4.78, 5) is 23.7. The predicted octanol–water partition coefficient (Wildman–Crippen LogP) is 1.38. The average Bonchev–Trinajstić information content (AvgIpc) is 2.83. The van der Waals surface area contributed by atoms with Gasteiger partial charge in [-0.1, -0.05) is 19.1 Å². The van der Waals surface area contributed by atoms with Gasteiger partial charge < -0.3 is 21.6 Å². The fourth-order valence-corrected chi connectivity index (χ4v) is 3.45. The highest BCUT2D eigenvalue weighted by atomic mass is 16.3. The van der Waals surface area contributed by atoms with Crippen molar-refractivity contribution in [3.8, 4) is 5.88 Å². The molecule has 7 heteroatoms. The lowest BCUT2D eigenvalue weighted by Gasteiger charge is -2.10. The minimum Gasteiger partial charge on any atom is -0.494 e. The van der Waals surface area contributed by atoms with Gasteiger partial charge in [-0.05, 0) is 44.8 Å². The lowest BCUT2D eigenvalue weighted by molar-refractivity contribution is -0.113. The number of hydrogen-bond donors (Lipinski definition) is 4. The average molecular weight is 396 g/mol. The van der Waals surface area contributed by atoms with Crippen LogP contribution in [0.15, 0.2) is 44.8 Å². The number of aromatic nitrogens is 1. The fraction of sp³-hybridized carbons (Fsp3) is 0.318. The van der Waals surface area contributed by atoms with Gasteiger partial charge in [-0.25, -0.2) is 4.99 Å². The summed E-state index contributed by atoms with van der Waals surface area (Å²) in [6.07, 6.45) is 9.66. The molecule has 0 radical (unpaired) electrons. The SMILES string of the molecule is CCC1C=C(C(C(C)=O)=C(C)N)C=c2c(C(C)=N/C(C=NC)=C/N)c(O)[nH]c2=C1. The molecule has 1 aromatic heterocycles. The number of ketones is 1. The first-order valence-electron chi connectivity index (χ1n) is 9.47. The minimum atomic E-state index is -0.106. The summed E-state index contributed by atoms with van der Waals surface area (Å²) in [5, 5.41) is 12.1. The van der Waals surface area contributed by atoms with Crippen LogP contribution in [0.25, 0.3) is 12.2 Å². The normalized spacial score (nSPS) is 18.4. The second-order valence-electron chi connectivity index (χ2n) is 6.97. The van der Waals surface area contributed by atoms with Crippen molar-refractivity contribution in [3.05, 3.63) is 50.9 Å². The molecular formula is C22H29N5O2. The summed E-state index contributed by atoms with van der Waals surface area (Å²) in [6, 6.07) is 0. The van der Waals surface area contributed by atoms with Crippen LogP contribution in [-0.2, 0) is 4.79 Å². The molecule has 0 aromatic carbocycles. The summed E-state index contributed by atoms with van der Waals surface area (Å²) in [5.74, 6) is -0.0291. The zero-order chi connectivity index (χ0) is 21.7. The van der Waals surface area contributed by atoms with Crippen LogP contribution in [0, 0.1) is 5.92 Å². The molecule has 29 heavy (non-hydrogen) atoms. The fourth-order valence-electron chi connectivity index (χ4n) is 3.45. The molecule has 0 aliphatic heterocycles. The van der Waals surface area contributed by atoms with Crippen LogP contribution in [0.2, 0.25) is 0 Å². The highest BCUT2D eigenvalue weighted by molar-refractivity contribution is 6.05. The van der Waals surface area contributed by atoms with E-state index in [0.29, 0.717) is 28.2 Å². The van der Waals surface area contributed by atoms with Crippen LogP contribution in [-0.4, -0.2) is 34.8 Å². The highest BCUT2D eigenvalue weighted by Gasteiger charge is 2.19. The maximum atomic E-state index is 12.3. The number of carbonyl (C=O) groups excluding carboxylic acids is 1. The van der Waals surface area contributed by atoms with Crippen molar-refractivity contribution < 1.29 is 9.90 Å². The predicted molar refractivity (Wildman–Crippen MR) is 119 cm³/mol. The van der Waals surface area contributed by atoms with Gasteiger partial charge in [0, 0.05) is 41.3 Å². The molecule has 154 valence electrons. The molecule has 1 unspecified atom stereocenters. The first-order valence-corrected chi connectivity index (χ1v) is 9.47. The summed E-state index contributed by atoms with van der Waals surface area (Å²) in [5.41, 5.74) is 14.9. The molecule has 7 nitrogen and oxygen atoms in total. The van der Waals surface area contributed by atoms with Crippen molar-refractivity contribution in [2.45, 2.75) is 34.1 Å². The molecule has 2 rings (SSSR count). The number of aliphatic imine (C=N–C) groups is 2. The van der Waals surface area contributed by atoms with Crippen LogP contribution in [0.1, 0.15) is 39.7 Å². The third-order valence-corrected chi connectivity index (χ3v) is 4.72. The highest BCUT2D eigenvalue weighted by Crippen LogP contribution is 2.22. The van der Waals surface area contributed by atoms with Gasteiger partial charge in [-0.2, -0.15) is 0 Å². The molecule has 0 saturated carbocycles. The third-order valence-electron chi connectivity index (χ3n) is 4.72. The van der Waals surface area contributed by atoms with E-state index in [4.69, 9.17) is 11.5 Å². The molecule has 1 atom stereocenters.